The summed E-state index contributed by atoms with van der Waals surface area (Å²) >= 11 is 3.35. The molecule has 1 aliphatic carbocycles. The van der Waals surface area contributed by atoms with E-state index in [0.717, 1.165) is 51.2 Å². The molecule has 0 unspecified atom stereocenters. The summed E-state index contributed by atoms with van der Waals surface area (Å²) in [5, 5.41) is 2.15. The molecule has 3 heterocycles. The molecule has 0 saturated carbocycles. The van der Waals surface area contributed by atoms with Crippen LogP contribution in [-0.4, -0.2) is 26.1 Å². The SMILES string of the molecule is Cc1nc(SCC(=O)c2cc(C)n(-c3ccccc3)c2C)c2c3c(sc2n1)CCC3. The minimum atomic E-state index is 0.145. The Balaban J connectivity index is 1.44. The van der Waals surface area contributed by atoms with Crippen LogP contribution in [0.25, 0.3) is 15.9 Å². The molecule has 0 N–H and O–H groups in total. The number of aromatic nitrogens is 3. The summed E-state index contributed by atoms with van der Waals surface area (Å²) in [7, 11) is 0. The maximum Gasteiger partial charge on any atom is 0.174 e. The molecule has 0 saturated heterocycles. The Labute approximate surface area is 184 Å². The summed E-state index contributed by atoms with van der Waals surface area (Å²) in [6.45, 7) is 6.01. The molecule has 0 spiro atoms. The highest BCUT2D eigenvalue weighted by atomic mass is 32.2. The molecule has 0 radical (unpaired) electrons. The largest absolute Gasteiger partial charge is 0.318 e. The number of aryl methyl sites for hydroxylation is 4. The van der Waals surface area contributed by atoms with E-state index in [1.807, 2.05) is 38.1 Å². The van der Waals surface area contributed by atoms with Crippen LogP contribution in [0.15, 0.2) is 41.4 Å². The van der Waals surface area contributed by atoms with Crippen LogP contribution in [0.2, 0.25) is 0 Å². The van der Waals surface area contributed by atoms with Crippen molar-refractivity contribution in [2.24, 2.45) is 0 Å². The Morgan fingerprint density at radius 3 is 2.73 bits per heavy atom. The fourth-order valence-electron chi connectivity index (χ4n) is 4.40. The average molecular weight is 434 g/mol. The number of hydrogen-bond donors (Lipinski definition) is 0. The van der Waals surface area contributed by atoms with Gasteiger partial charge in [0.25, 0.3) is 0 Å². The molecule has 1 aliphatic rings. The topological polar surface area (TPSA) is 47.8 Å². The zero-order valence-corrected chi connectivity index (χ0v) is 19.0. The van der Waals surface area contributed by atoms with Crippen LogP contribution in [0.5, 0.6) is 0 Å². The number of nitrogens with zero attached hydrogens (tertiary/aromatic N) is 3. The fourth-order valence-corrected chi connectivity index (χ4v) is 6.76. The predicted molar refractivity (Wildman–Crippen MR) is 124 cm³/mol. The van der Waals surface area contributed by atoms with Gasteiger partial charge < -0.3 is 4.57 Å². The van der Waals surface area contributed by atoms with Gasteiger partial charge >= 0.3 is 0 Å². The van der Waals surface area contributed by atoms with Crippen molar-refractivity contribution in [3.8, 4) is 5.69 Å². The van der Waals surface area contributed by atoms with Crippen LogP contribution in [0.3, 0.4) is 0 Å². The van der Waals surface area contributed by atoms with Gasteiger partial charge in [0, 0.05) is 32.9 Å². The van der Waals surface area contributed by atoms with E-state index in [4.69, 9.17) is 4.98 Å². The van der Waals surface area contributed by atoms with E-state index in [2.05, 4.69) is 28.6 Å². The number of hydrogen-bond acceptors (Lipinski definition) is 5. The number of para-hydroxylation sites is 1. The Bertz CT molecular complexity index is 1270. The van der Waals surface area contributed by atoms with Gasteiger partial charge in [-0.25, -0.2) is 9.97 Å². The van der Waals surface area contributed by atoms with E-state index >= 15 is 0 Å². The van der Waals surface area contributed by atoms with Gasteiger partial charge in [-0.15, -0.1) is 11.3 Å². The third-order valence-electron chi connectivity index (χ3n) is 5.73. The van der Waals surface area contributed by atoms with Gasteiger partial charge in [-0.3, -0.25) is 4.79 Å². The zero-order valence-electron chi connectivity index (χ0n) is 17.4. The van der Waals surface area contributed by atoms with Crippen LogP contribution in [0, 0.1) is 20.8 Å². The van der Waals surface area contributed by atoms with Gasteiger partial charge in [0.05, 0.1) is 5.75 Å². The van der Waals surface area contributed by atoms with Gasteiger partial charge in [-0.1, -0.05) is 30.0 Å². The summed E-state index contributed by atoms with van der Waals surface area (Å²) in [6, 6.07) is 12.2. The van der Waals surface area contributed by atoms with E-state index < -0.39 is 0 Å². The van der Waals surface area contributed by atoms with E-state index in [0.29, 0.717) is 5.75 Å². The number of fused-ring (bicyclic) bond motifs is 3. The summed E-state index contributed by atoms with van der Waals surface area (Å²) in [5.74, 6) is 1.31. The average Bonchev–Trinajstić information content (AvgIpc) is 3.39. The van der Waals surface area contributed by atoms with Crippen molar-refractivity contribution in [1.82, 2.24) is 14.5 Å². The zero-order chi connectivity index (χ0) is 20.8. The number of thiophene rings is 1. The van der Waals surface area contributed by atoms with Crippen molar-refractivity contribution in [2.75, 3.05) is 5.75 Å². The number of benzene rings is 1. The molecular formula is C24H23N3OS2. The second kappa shape index (κ2) is 7.67. The van der Waals surface area contributed by atoms with Crippen LogP contribution in [0.4, 0.5) is 0 Å². The lowest BCUT2D eigenvalue weighted by Crippen LogP contribution is -2.06. The molecule has 30 heavy (non-hydrogen) atoms. The molecule has 6 heteroatoms. The first-order valence-electron chi connectivity index (χ1n) is 10.2. The highest BCUT2D eigenvalue weighted by Crippen LogP contribution is 2.40. The van der Waals surface area contributed by atoms with E-state index in [-0.39, 0.29) is 5.78 Å². The van der Waals surface area contributed by atoms with Crippen molar-refractivity contribution >= 4 is 39.1 Å². The molecule has 0 amide bonds. The second-order valence-electron chi connectivity index (χ2n) is 7.78. The van der Waals surface area contributed by atoms with Gasteiger partial charge in [0.15, 0.2) is 5.78 Å². The van der Waals surface area contributed by atoms with Crippen LogP contribution in [0.1, 0.15) is 44.4 Å². The monoisotopic (exact) mass is 433 g/mol. The number of Topliss-reactive ketones (excluding diaryl/α,β-unsaturated/α-hetero) is 1. The Morgan fingerprint density at radius 1 is 1.13 bits per heavy atom. The quantitative estimate of drug-likeness (QED) is 0.224. The molecule has 0 bridgehead atoms. The molecule has 0 fully saturated rings. The van der Waals surface area contributed by atoms with Gasteiger partial charge in [0.1, 0.15) is 15.7 Å². The number of carbonyl (C=O) groups excluding carboxylic acids is 1. The molecule has 0 atom stereocenters. The lowest BCUT2D eigenvalue weighted by molar-refractivity contribution is 0.102. The van der Waals surface area contributed by atoms with E-state index in [1.54, 1.807) is 23.1 Å². The summed E-state index contributed by atoms with van der Waals surface area (Å²) in [5.41, 5.74) is 5.35. The lowest BCUT2D eigenvalue weighted by Gasteiger charge is -2.09. The first-order chi connectivity index (χ1) is 14.5. The standard InChI is InChI=1S/C24H23N3OS2/c1-14-12-19(15(2)27(14)17-8-5-4-6-9-17)20(28)13-29-23-22-18-10-7-11-21(18)30-24(22)26-16(3)25-23/h4-6,8-9,12H,7,10-11,13H2,1-3H3. The Kier molecular flexibility index (Phi) is 4.99. The predicted octanol–water partition coefficient (Wildman–Crippen LogP) is 5.87. The highest BCUT2D eigenvalue weighted by molar-refractivity contribution is 8.00. The fraction of sp³-hybridized carbons (Fsp3) is 0.292. The van der Waals surface area contributed by atoms with Crippen molar-refractivity contribution < 1.29 is 4.79 Å². The number of ketones is 1. The van der Waals surface area contributed by atoms with Crippen LogP contribution >= 0.6 is 23.1 Å². The molecule has 1 aromatic carbocycles. The lowest BCUT2D eigenvalue weighted by atomic mass is 10.2. The van der Waals surface area contributed by atoms with Crippen molar-refractivity contribution in [3.63, 3.8) is 0 Å². The molecule has 152 valence electrons. The molecule has 0 aliphatic heterocycles. The highest BCUT2D eigenvalue weighted by Gasteiger charge is 2.23. The van der Waals surface area contributed by atoms with E-state index in [1.165, 1.54) is 22.2 Å². The number of rotatable bonds is 5. The number of carbonyl (C=O) groups is 1. The Hall–Kier alpha value is -2.44. The minimum Gasteiger partial charge on any atom is -0.318 e. The molecule has 4 aromatic rings. The van der Waals surface area contributed by atoms with Crippen LogP contribution < -0.4 is 0 Å². The summed E-state index contributed by atoms with van der Waals surface area (Å²) in [4.78, 5) is 25.0. The smallest absolute Gasteiger partial charge is 0.174 e. The van der Waals surface area contributed by atoms with Gasteiger partial charge in [-0.05, 0) is 63.8 Å². The van der Waals surface area contributed by atoms with Gasteiger partial charge in [-0.2, -0.15) is 0 Å². The Morgan fingerprint density at radius 2 is 1.93 bits per heavy atom. The third kappa shape index (κ3) is 3.28. The van der Waals surface area contributed by atoms with Crippen molar-refractivity contribution in [3.05, 3.63) is 69.6 Å². The third-order valence-corrected chi connectivity index (χ3v) is 7.89. The van der Waals surface area contributed by atoms with Crippen LogP contribution in [-0.2, 0) is 12.8 Å². The maximum absolute atomic E-state index is 13.2. The molecule has 3 aromatic heterocycles. The summed E-state index contributed by atoms with van der Waals surface area (Å²) < 4.78 is 2.15. The van der Waals surface area contributed by atoms with Crippen molar-refractivity contribution in [2.45, 2.75) is 45.1 Å². The maximum atomic E-state index is 13.2. The minimum absolute atomic E-state index is 0.145. The molecule has 4 nitrogen and oxygen atoms in total. The first-order valence-corrected chi connectivity index (χ1v) is 12.0. The summed E-state index contributed by atoms with van der Waals surface area (Å²) in [6.07, 6.45) is 3.45. The molecular weight excluding hydrogens is 410 g/mol. The normalized spacial score (nSPS) is 13.2. The second-order valence-corrected chi connectivity index (χ2v) is 9.83. The first kappa shape index (κ1) is 19.5. The van der Waals surface area contributed by atoms with E-state index in [9.17, 15) is 4.79 Å². The molecule has 5 rings (SSSR count). The number of thioether (sulfide) groups is 1. The van der Waals surface area contributed by atoms with Gasteiger partial charge in [0.2, 0.25) is 0 Å². The van der Waals surface area contributed by atoms with Crippen molar-refractivity contribution in [1.29, 1.82) is 0 Å².